The van der Waals surface area contributed by atoms with Gasteiger partial charge in [-0.2, -0.15) is 0 Å². The van der Waals surface area contributed by atoms with Gasteiger partial charge >= 0.3 is 6.03 Å². The van der Waals surface area contributed by atoms with Crippen LogP contribution in [0.4, 0.5) is 4.79 Å². The highest BCUT2D eigenvalue weighted by Crippen LogP contribution is 2.33. The van der Waals surface area contributed by atoms with E-state index in [1.807, 2.05) is 36.4 Å². The molecule has 0 spiro atoms. The number of amides is 3. The summed E-state index contributed by atoms with van der Waals surface area (Å²) >= 11 is 6.22. The van der Waals surface area contributed by atoms with Crippen LogP contribution in [0.1, 0.15) is 24.5 Å². The first-order valence-electron chi connectivity index (χ1n) is 7.95. The molecule has 4 nitrogen and oxygen atoms in total. The third-order valence-electron chi connectivity index (χ3n) is 4.38. The minimum Gasteiger partial charge on any atom is -0.319 e. The van der Waals surface area contributed by atoms with E-state index < -0.39 is 5.54 Å². The third kappa shape index (κ3) is 3.02. The van der Waals surface area contributed by atoms with Crippen LogP contribution in [-0.2, 0) is 16.8 Å². The molecule has 3 amide bonds. The van der Waals surface area contributed by atoms with Gasteiger partial charge in [0.05, 0.1) is 0 Å². The Balaban J connectivity index is 1.71. The molecule has 1 saturated heterocycles. The Hall–Kier alpha value is -2.33. The molecule has 3 rings (SSSR count). The van der Waals surface area contributed by atoms with Crippen LogP contribution >= 0.6 is 11.6 Å². The van der Waals surface area contributed by atoms with E-state index >= 15 is 0 Å². The average molecular weight is 343 g/mol. The number of benzene rings is 2. The lowest BCUT2D eigenvalue weighted by Gasteiger charge is -2.23. The number of hydrogen-bond donors (Lipinski definition) is 1. The molecule has 24 heavy (non-hydrogen) atoms. The maximum atomic E-state index is 12.8. The van der Waals surface area contributed by atoms with Crippen LogP contribution < -0.4 is 5.32 Å². The lowest BCUT2D eigenvalue weighted by atomic mass is 9.92. The van der Waals surface area contributed by atoms with E-state index in [0.717, 1.165) is 12.8 Å². The molecule has 0 radical (unpaired) electrons. The first-order valence-corrected chi connectivity index (χ1v) is 8.33. The molecular weight excluding hydrogens is 324 g/mol. The zero-order chi connectivity index (χ0) is 17.2. The fourth-order valence-electron chi connectivity index (χ4n) is 3.04. The Labute approximate surface area is 146 Å². The van der Waals surface area contributed by atoms with Gasteiger partial charge in [0, 0.05) is 17.1 Å². The maximum Gasteiger partial charge on any atom is 0.325 e. The monoisotopic (exact) mass is 342 g/mol. The summed E-state index contributed by atoms with van der Waals surface area (Å²) in [4.78, 5) is 26.4. The quantitative estimate of drug-likeness (QED) is 0.841. The number of carbonyl (C=O) groups is 2. The van der Waals surface area contributed by atoms with Crippen LogP contribution in [0, 0.1) is 0 Å². The number of imide groups is 1. The molecule has 0 saturated carbocycles. The van der Waals surface area contributed by atoms with E-state index in [9.17, 15) is 9.59 Å². The van der Waals surface area contributed by atoms with E-state index in [0.29, 0.717) is 17.1 Å². The SMILES string of the molecule is C[C@@]1(c2ccccc2Cl)NC(=O)N(CCCc2ccccc2)C1=O. The van der Waals surface area contributed by atoms with E-state index in [2.05, 4.69) is 5.32 Å². The van der Waals surface area contributed by atoms with Crippen LogP contribution in [0.15, 0.2) is 54.6 Å². The zero-order valence-electron chi connectivity index (χ0n) is 13.5. The average Bonchev–Trinajstić information content (AvgIpc) is 2.80. The van der Waals surface area contributed by atoms with E-state index in [4.69, 9.17) is 11.6 Å². The van der Waals surface area contributed by atoms with Gasteiger partial charge in [0.15, 0.2) is 0 Å². The van der Waals surface area contributed by atoms with Crippen molar-refractivity contribution >= 4 is 23.5 Å². The van der Waals surface area contributed by atoms with Crippen LogP contribution in [0.5, 0.6) is 0 Å². The number of carbonyl (C=O) groups excluding carboxylic acids is 2. The van der Waals surface area contributed by atoms with Gasteiger partial charge in [-0.05, 0) is 31.4 Å². The van der Waals surface area contributed by atoms with Gasteiger partial charge in [-0.15, -0.1) is 0 Å². The summed E-state index contributed by atoms with van der Waals surface area (Å²) in [5.41, 5.74) is 0.705. The smallest absolute Gasteiger partial charge is 0.319 e. The lowest BCUT2D eigenvalue weighted by Crippen LogP contribution is -2.41. The van der Waals surface area contributed by atoms with Crippen molar-refractivity contribution in [2.24, 2.45) is 0 Å². The molecule has 0 aromatic heterocycles. The molecule has 0 aliphatic carbocycles. The summed E-state index contributed by atoms with van der Waals surface area (Å²) < 4.78 is 0. The second-order valence-corrected chi connectivity index (χ2v) is 6.49. The van der Waals surface area contributed by atoms with Gasteiger partial charge < -0.3 is 5.32 Å². The summed E-state index contributed by atoms with van der Waals surface area (Å²) in [7, 11) is 0. The first-order chi connectivity index (χ1) is 11.5. The van der Waals surface area contributed by atoms with E-state index in [1.54, 1.807) is 25.1 Å². The minimum absolute atomic E-state index is 0.256. The number of rotatable bonds is 5. The molecule has 1 aliphatic heterocycles. The number of nitrogens with zero attached hydrogens (tertiary/aromatic N) is 1. The van der Waals surface area contributed by atoms with Gasteiger partial charge in [0.25, 0.3) is 5.91 Å². The Kier molecular flexibility index (Phi) is 4.58. The topological polar surface area (TPSA) is 49.4 Å². The Morgan fingerprint density at radius 2 is 1.71 bits per heavy atom. The predicted octanol–water partition coefficient (Wildman–Crippen LogP) is 3.74. The van der Waals surface area contributed by atoms with E-state index in [-0.39, 0.29) is 11.9 Å². The Bertz CT molecular complexity index is 763. The van der Waals surface area contributed by atoms with Gasteiger partial charge in [0.2, 0.25) is 0 Å². The van der Waals surface area contributed by atoms with Crippen molar-refractivity contribution in [1.29, 1.82) is 0 Å². The number of nitrogens with one attached hydrogen (secondary N) is 1. The molecule has 1 atom stereocenters. The molecule has 5 heteroatoms. The van der Waals surface area contributed by atoms with Gasteiger partial charge in [-0.25, -0.2) is 4.79 Å². The second kappa shape index (κ2) is 6.65. The fourth-order valence-corrected chi connectivity index (χ4v) is 3.36. The molecule has 0 unspecified atom stereocenters. The number of hydrogen-bond acceptors (Lipinski definition) is 2. The van der Waals surface area contributed by atoms with Crippen molar-refractivity contribution in [3.05, 3.63) is 70.7 Å². The van der Waals surface area contributed by atoms with Crippen LogP contribution in [-0.4, -0.2) is 23.4 Å². The summed E-state index contributed by atoms with van der Waals surface area (Å²) in [6, 6.07) is 16.8. The van der Waals surface area contributed by atoms with Crippen molar-refractivity contribution in [2.45, 2.75) is 25.3 Å². The second-order valence-electron chi connectivity index (χ2n) is 6.08. The predicted molar refractivity (Wildman–Crippen MR) is 93.8 cm³/mol. The Morgan fingerprint density at radius 3 is 2.42 bits per heavy atom. The van der Waals surface area contributed by atoms with Crippen LogP contribution in [0.25, 0.3) is 0 Å². The summed E-state index contributed by atoms with van der Waals surface area (Å²) in [5, 5.41) is 3.26. The number of urea groups is 1. The molecule has 2 aromatic carbocycles. The van der Waals surface area contributed by atoms with Crippen LogP contribution in [0.2, 0.25) is 5.02 Å². The summed E-state index contributed by atoms with van der Waals surface area (Å²) in [5.74, 6) is -0.256. The molecule has 2 aromatic rings. The number of halogens is 1. The van der Waals surface area contributed by atoms with Gasteiger partial charge in [-0.3, -0.25) is 9.69 Å². The van der Waals surface area contributed by atoms with Crippen molar-refractivity contribution in [1.82, 2.24) is 10.2 Å². The highest BCUT2D eigenvalue weighted by Gasteiger charge is 2.49. The fraction of sp³-hybridized carbons (Fsp3) is 0.263. The molecule has 1 N–H and O–H groups in total. The molecule has 1 fully saturated rings. The maximum absolute atomic E-state index is 12.8. The van der Waals surface area contributed by atoms with Crippen molar-refractivity contribution < 1.29 is 9.59 Å². The Morgan fingerprint density at radius 1 is 1.04 bits per heavy atom. The zero-order valence-corrected chi connectivity index (χ0v) is 14.2. The standard InChI is InChI=1S/C19H19ClN2O2/c1-19(15-11-5-6-12-16(15)20)17(23)22(18(24)21-19)13-7-10-14-8-3-2-4-9-14/h2-6,8-9,11-12H,7,10,13H2,1H3,(H,21,24)/t19-/m0/s1. The summed E-state index contributed by atoms with van der Waals surface area (Å²) in [6.45, 7) is 2.09. The molecule has 124 valence electrons. The number of aryl methyl sites for hydroxylation is 1. The molecule has 0 bridgehead atoms. The molecule has 1 heterocycles. The minimum atomic E-state index is -1.11. The summed E-state index contributed by atoms with van der Waals surface area (Å²) in [6.07, 6.45) is 1.54. The third-order valence-corrected chi connectivity index (χ3v) is 4.71. The lowest BCUT2D eigenvalue weighted by molar-refractivity contribution is -0.131. The molecular formula is C19H19ClN2O2. The molecule has 1 aliphatic rings. The van der Waals surface area contributed by atoms with E-state index in [1.165, 1.54) is 10.5 Å². The van der Waals surface area contributed by atoms with Gasteiger partial charge in [-0.1, -0.05) is 60.1 Å². The first kappa shape index (κ1) is 16.5. The highest BCUT2D eigenvalue weighted by atomic mass is 35.5. The van der Waals surface area contributed by atoms with Crippen molar-refractivity contribution in [3.63, 3.8) is 0 Å². The highest BCUT2D eigenvalue weighted by molar-refractivity contribution is 6.32. The van der Waals surface area contributed by atoms with Crippen LogP contribution in [0.3, 0.4) is 0 Å². The normalized spacial score (nSPS) is 20.3. The largest absolute Gasteiger partial charge is 0.325 e. The van der Waals surface area contributed by atoms with Crippen molar-refractivity contribution in [3.8, 4) is 0 Å². The van der Waals surface area contributed by atoms with Gasteiger partial charge in [0.1, 0.15) is 5.54 Å². The van der Waals surface area contributed by atoms with Crippen molar-refractivity contribution in [2.75, 3.05) is 6.54 Å².